The molecule has 0 bridgehead atoms. The number of aromatic nitrogens is 4. The summed E-state index contributed by atoms with van der Waals surface area (Å²) in [5, 5.41) is 3.40. The van der Waals surface area contributed by atoms with Crippen LogP contribution in [0.3, 0.4) is 0 Å². The second kappa shape index (κ2) is 7.88. The summed E-state index contributed by atoms with van der Waals surface area (Å²) in [4.78, 5) is 28.5. The Morgan fingerprint density at radius 2 is 2.03 bits per heavy atom. The molecule has 1 atom stereocenters. The van der Waals surface area contributed by atoms with Crippen LogP contribution >= 0.6 is 0 Å². The summed E-state index contributed by atoms with van der Waals surface area (Å²) >= 11 is 0. The molecule has 0 aliphatic rings. The van der Waals surface area contributed by atoms with E-state index in [1.807, 2.05) is 0 Å². The Kier molecular flexibility index (Phi) is 5.64. The third kappa shape index (κ3) is 4.34. The number of hydrogen-bond donors (Lipinski definition) is 2. The van der Waals surface area contributed by atoms with Crippen LogP contribution in [0.1, 0.15) is 20.3 Å². The molecule has 0 aliphatic heterocycles. The monoisotopic (exact) mass is 424 g/mol. The zero-order chi connectivity index (χ0) is 22.1. The minimum Gasteiger partial charge on any atom is -0.354 e. The molecule has 160 valence electrons. The first-order valence-electron chi connectivity index (χ1n) is 9.09. The molecule has 11 heteroatoms. The molecule has 1 amide bonds. The van der Waals surface area contributed by atoms with Crippen LogP contribution in [-0.2, 0) is 4.79 Å². The number of alkyl halides is 3. The van der Waals surface area contributed by atoms with Gasteiger partial charge in [-0.15, -0.1) is 0 Å². The fourth-order valence-corrected chi connectivity index (χ4v) is 3.04. The highest BCUT2D eigenvalue weighted by Gasteiger charge is 2.39. The van der Waals surface area contributed by atoms with E-state index in [0.29, 0.717) is 21.5 Å². The third-order valence-electron chi connectivity index (χ3n) is 4.77. The number of anilines is 1. The summed E-state index contributed by atoms with van der Waals surface area (Å²) < 4.78 is 52.5. The molecule has 3 heterocycles. The van der Waals surface area contributed by atoms with Crippen LogP contribution in [0, 0.1) is 5.82 Å². The van der Waals surface area contributed by atoms with Crippen molar-refractivity contribution in [2.24, 2.45) is 0 Å². The van der Waals surface area contributed by atoms with Gasteiger partial charge in [-0.3, -0.25) is 4.79 Å². The number of nitrogens with one attached hydrogen (secondary N) is 2. The SMILES string of the molecule is CC[C@@](C)(Nc1nc(-c2c[nH]c3ncccc23)ncc1F)C(=O)N(C)CC(F)(F)F. The molecular formula is C19H20F4N6O. The van der Waals surface area contributed by atoms with E-state index in [4.69, 9.17) is 0 Å². The Hall–Kier alpha value is -3.24. The van der Waals surface area contributed by atoms with Crippen molar-refractivity contribution in [3.63, 3.8) is 0 Å². The van der Waals surface area contributed by atoms with Crippen LogP contribution in [0.25, 0.3) is 22.4 Å². The number of nitrogens with zero attached hydrogens (tertiary/aromatic N) is 4. The minimum absolute atomic E-state index is 0.101. The number of carbonyl (C=O) groups is 1. The lowest BCUT2D eigenvalue weighted by Gasteiger charge is -2.33. The van der Waals surface area contributed by atoms with E-state index in [0.717, 1.165) is 13.2 Å². The van der Waals surface area contributed by atoms with Crippen LogP contribution in [0.2, 0.25) is 0 Å². The van der Waals surface area contributed by atoms with E-state index in [1.54, 1.807) is 31.5 Å². The topological polar surface area (TPSA) is 86.8 Å². The van der Waals surface area contributed by atoms with Crippen molar-refractivity contribution in [1.82, 2.24) is 24.8 Å². The predicted octanol–water partition coefficient (Wildman–Crippen LogP) is 3.76. The Bertz CT molecular complexity index is 1070. The van der Waals surface area contributed by atoms with Gasteiger partial charge in [0.2, 0.25) is 5.91 Å². The van der Waals surface area contributed by atoms with E-state index in [1.165, 1.54) is 6.92 Å². The molecule has 0 radical (unpaired) electrons. The van der Waals surface area contributed by atoms with E-state index in [9.17, 15) is 22.4 Å². The quantitative estimate of drug-likeness (QED) is 0.589. The standard InChI is InChI=1S/C19H20F4N6O/c1-4-18(2,17(30)29(3)10-19(21,22)23)28-16-13(20)9-26-15(27-16)12-8-25-14-11(12)6-5-7-24-14/h5-9H,4,10H2,1-3H3,(H,24,25)(H,26,27,28)/t18-/m1/s1. The molecular weight excluding hydrogens is 404 g/mol. The zero-order valence-corrected chi connectivity index (χ0v) is 16.5. The number of likely N-dealkylation sites (N-methyl/N-ethyl adjacent to an activating group) is 1. The molecule has 0 unspecified atom stereocenters. The van der Waals surface area contributed by atoms with Gasteiger partial charge in [0.05, 0.1) is 6.20 Å². The van der Waals surface area contributed by atoms with Crippen LogP contribution in [0.15, 0.2) is 30.7 Å². The fourth-order valence-electron chi connectivity index (χ4n) is 3.04. The smallest absolute Gasteiger partial charge is 0.354 e. The van der Waals surface area contributed by atoms with Crippen molar-refractivity contribution in [3.8, 4) is 11.4 Å². The maximum atomic E-state index is 14.4. The van der Waals surface area contributed by atoms with Gasteiger partial charge in [0.15, 0.2) is 17.5 Å². The molecule has 3 aromatic heterocycles. The normalized spacial score (nSPS) is 13.8. The van der Waals surface area contributed by atoms with Crippen molar-refractivity contribution in [2.45, 2.75) is 32.0 Å². The number of aromatic amines is 1. The molecule has 3 rings (SSSR count). The number of H-pyrrole nitrogens is 1. The minimum atomic E-state index is -4.55. The van der Waals surface area contributed by atoms with E-state index < -0.39 is 30.0 Å². The molecule has 3 aromatic rings. The number of pyridine rings is 1. The second-order valence-electron chi connectivity index (χ2n) is 7.08. The third-order valence-corrected chi connectivity index (χ3v) is 4.77. The molecule has 0 fully saturated rings. The summed E-state index contributed by atoms with van der Waals surface area (Å²) in [5.74, 6) is -1.77. The van der Waals surface area contributed by atoms with Crippen molar-refractivity contribution < 1.29 is 22.4 Å². The number of fused-ring (bicyclic) bond motifs is 1. The van der Waals surface area contributed by atoms with Crippen LogP contribution < -0.4 is 5.32 Å². The number of hydrogen-bond acceptors (Lipinski definition) is 5. The number of halogens is 4. The summed E-state index contributed by atoms with van der Waals surface area (Å²) in [6.07, 6.45) is -0.272. The Morgan fingerprint density at radius 1 is 1.30 bits per heavy atom. The van der Waals surface area contributed by atoms with Gasteiger partial charge in [-0.05, 0) is 25.5 Å². The summed E-state index contributed by atoms with van der Waals surface area (Å²) in [7, 11) is 1.05. The molecule has 7 nitrogen and oxygen atoms in total. The van der Waals surface area contributed by atoms with E-state index >= 15 is 0 Å². The average Bonchev–Trinajstić information content (AvgIpc) is 3.12. The number of rotatable bonds is 6. The predicted molar refractivity (Wildman–Crippen MR) is 103 cm³/mol. The highest BCUT2D eigenvalue weighted by atomic mass is 19.4. The maximum absolute atomic E-state index is 14.4. The van der Waals surface area contributed by atoms with Gasteiger partial charge in [0, 0.05) is 30.4 Å². The van der Waals surface area contributed by atoms with Crippen molar-refractivity contribution in [1.29, 1.82) is 0 Å². The Labute approximate surface area is 169 Å². The van der Waals surface area contributed by atoms with Gasteiger partial charge in [0.25, 0.3) is 0 Å². The zero-order valence-electron chi connectivity index (χ0n) is 16.5. The molecule has 0 aromatic carbocycles. The first kappa shape index (κ1) is 21.5. The molecule has 2 N–H and O–H groups in total. The van der Waals surface area contributed by atoms with E-state index in [2.05, 4.69) is 25.3 Å². The molecule has 30 heavy (non-hydrogen) atoms. The number of amides is 1. The molecule has 0 spiro atoms. The summed E-state index contributed by atoms with van der Waals surface area (Å²) in [5.41, 5.74) is -0.342. The van der Waals surface area contributed by atoms with Crippen molar-refractivity contribution >= 4 is 22.8 Å². The summed E-state index contributed by atoms with van der Waals surface area (Å²) in [6.45, 7) is 1.60. The first-order chi connectivity index (χ1) is 14.0. The van der Waals surface area contributed by atoms with Gasteiger partial charge in [0.1, 0.15) is 17.7 Å². The van der Waals surface area contributed by atoms with Crippen LogP contribution in [-0.4, -0.2) is 56.1 Å². The fraction of sp³-hybridized carbons (Fsp3) is 0.368. The highest BCUT2D eigenvalue weighted by molar-refractivity contribution is 5.92. The molecule has 0 saturated carbocycles. The Morgan fingerprint density at radius 3 is 2.70 bits per heavy atom. The lowest BCUT2D eigenvalue weighted by Crippen LogP contribution is -2.52. The number of carbonyl (C=O) groups excluding carboxylic acids is 1. The average molecular weight is 424 g/mol. The molecule has 0 aliphatic carbocycles. The summed E-state index contributed by atoms with van der Waals surface area (Å²) in [6, 6.07) is 3.52. The van der Waals surface area contributed by atoms with Gasteiger partial charge in [-0.25, -0.2) is 19.3 Å². The van der Waals surface area contributed by atoms with Crippen LogP contribution in [0.4, 0.5) is 23.4 Å². The lowest BCUT2D eigenvalue weighted by atomic mass is 9.96. The highest BCUT2D eigenvalue weighted by Crippen LogP contribution is 2.28. The van der Waals surface area contributed by atoms with Gasteiger partial charge in [-0.1, -0.05) is 6.92 Å². The van der Waals surface area contributed by atoms with Crippen molar-refractivity contribution in [2.75, 3.05) is 18.9 Å². The van der Waals surface area contributed by atoms with E-state index in [-0.39, 0.29) is 18.1 Å². The first-order valence-corrected chi connectivity index (χ1v) is 9.09. The van der Waals surface area contributed by atoms with Crippen LogP contribution in [0.5, 0.6) is 0 Å². The molecule has 0 saturated heterocycles. The largest absolute Gasteiger partial charge is 0.406 e. The van der Waals surface area contributed by atoms with Gasteiger partial charge in [-0.2, -0.15) is 13.2 Å². The van der Waals surface area contributed by atoms with Crippen molar-refractivity contribution in [3.05, 3.63) is 36.5 Å². The Balaban J connectivity index is 1.93. The van der Waals surface area contributed by atoms with Gasteiger partial charge < -0.3 is 15.2 Å². The second-order valence-corrected chi connectivity index (χ2v) is 7.08. The van der Waals surface area contributed by atoms with Gasteiger partial charge >= 0.3 is 6.18 Å². The lowest BCUT2D eigenvalue weighted by molar-refractivity contribution is -0.161. The maximum Gasteiger partial charge on any atom is 0.406 e.